The lowest BCUT2D eigenvalue weighted by Crippen LogP contribution is -2.45. The highest BCUT2D eigenvalue weighted by Crippen LogP contribution is 2.23. The highest BCUT2D eigenvalue weighted by atomic mass is 127. The lowest BCUT2D eigenvalue weighted by Gasteiger charge is -2.20. The number of para-hydroxylation sites is 1. The predicted octanol–water partition coefficient (Wildman–Crippen LogP) is 3.32. The van der Waals surface area contributed by atoms with Gasteiger partial charge in [0.1, 0.15) is 0 Å². The first-order valence-electron chi connectivity index (χ1n) is 10.1. The van der Waals surface area contributed by atoms with Crippen LogP contribution < -0.4 is 15.5 Å². The Morgan fingerprint density at radius 1 is 1.14 bits per heavy atom. The molecule has 2 aliphatic heterocycles. The first-order valence-corrected chi connectivity index (χ1v) is 10.1. The third kappa shape index (κ3) is 7.84. The number of rotatable bonds is 6. The van der Waals surface area contributed by atoms with E-state index in [1.54, 1.807) is 0 Å². The summed E-state index contributed by atoms with van der Waals surface area (Å²) in [6, 6.07) is 10.4. The van der Waals surface area contributed by atoms with Crippen molar-refractivity contribution in [3.05, 3.63) is 30.3 Å². The number of guanidine groups is 1. The predicted molar refractivity (Wildman–Crippen MR) is 122 cm³/mol. The largest absolute Gasteiger partial charge is 0.401 e. The smallest absolute Gasteiger partial charge is 0.371 e. The molecule has 9 heteroatoms. The van der Waals surface area contributed by atoms with Crippen LogP contribution in [0.3, 0.4) is 0 Å². The molecule has 3 rings (SSSR count). The van der Waals surface area contributed by atoms with Gasteiger partial charge in [0.2, 0.25) is 0 Å². The molecule has 0 aromatic heterocycles. The van der Waals surface area contributed by atoms with Crippen molar-refractivity contribution in [2.45, 2.75) is 32.0 Å². The Bertz CT molecular complexity index is 641. The van der Waals surface area contributed by atoms with Gasteiger partial charge < -0.3 is 15.5 Å². The fourth-order valence-corrected chi connectivity index (χ4v) is 3.94. The van der Waals surface area contributed by atoms with Gasteiger partial charge in [-0.2, -0.15) is 13.2 Å². The Labute approximate surface area is 188 Å². The van der Waals surface area contributed by atoms with Crippen LogP contribution in [0.25, 0.3) is 0 Å². The first-order chi connectivity index (χ1) is 13.4. The van der Waals surface area contributed by atoms with Crippen molar-refractivity contribution < 1.29 is 13.2 Å². The molecule has 164 valence electrons. The van der Waals surface area contributed by atoms with Gasteiger partial charge >= 0.3 is 6.18 Å². The van der Waals surface area contributed by atoms with Gasteiger partial charge in [-0.1, -0.05) is 18.2 Å². The van der Waals surface area contributed by atoms with Gasteiger partial charge in [-0.05, 0) is 37.8 Å². The summed E-state index contributed by atoms with van der Waals surface area (Å²) in [4.78, 5) is 8.55. The van der Waals surface area contributed by atoms with Gasteiger partial charge in [-0.15, -0.1) is 24.0 Å². The van der Waals surface area contributed by atoms with E-state index in [1.807, 2.05) is 13.0 Å². The molecule has 29 heavy (non-hydrogen) atoms. The van der Waals surface area contributed by atoms with Crippen LogP contribution in [0.5, 0.6) is 0 Å². The van der Waals surface area contributed by atoms with Gasteiger partial charge in [0.05, 0.1) is 6.54 Å². The zero-order valence-corrected chi connectivity index (χ0v) is 19.1. The number of nitrogens with one attached hydrogen (secondary N) is 2. The molecule has 0 radical (unpaired) electrons. The number of hydrogen-bond donors (Lipinski definition) is 2. The summed E-state index contributed by atoms with van der Waals surface area (Å²) in [5.74, 6) is 1.19. The molecular weight excluding hydrogens is 494 g/mol. The molecular formula is C20H31F3IN5. The summed E-state index contributed by atoms with van der Waals surface area (Å²) < 4.78 is 37.7. The number of alkyl halides is 3. The molecule has 2 unspecified atom stereocenters. The minimum atomic E-state index is -4.14. The van der Waals surface area contributed by atoms with Gasteiger partial charge in [0.25, 0.3) is 0 Å². The molecule has 2 atom stereocenters. The molecule has 1 aromatic rings. The van der Waals surface area contributed by atoms with Gasteiger partial charge in [0, 0.05) is 51.0 Å². The van der Waals surface area contributed by atoms with E-state index >= 15 is 0 Å². The van der Waals surface area contributed by atoms with Crippen molar-refractivity contribution in [1.29, 1.82) is 0 Å². The Balaban J connectivity index is 0.00000300. The maximum absolute atomic E-state index is 12.6. The second-order valence-corrected chi connectivity index (χ2v) is 7.64. The second kappa shape index (κ2) is 11.2. The van der Waals surface area contributed by atoms with Crippen LogP contribution in [0.4, 0.5) is 18.9 Å². The first kappa shape index (κ1) is 24.0. The average molecular weight is 525 g/mol. The quantitative estimate of drug-likeness (QED) is 0.340. The van der Waals surface area contributed by atoms with E-state index < -0.39 is 12.7 Å². The molecule has 1 aromatic carbocycles. The molecule has 2 aliphatic rings. The van der Waals surface area contributed by atoms with E-state index in [1.165, 1.54) is 10.6 Å². The maximum Gasteiger partial charge on any atom is 0.401 e. The minimum absolute atomic E-state index is 0. The van der Waals surface area contributed by atoms with E-state index in [0.717, 1.165) is 32.6 Å². The van der Waals surface area contributed by atoms with Crippen molar-refractivity contribution >= 4 is 35.6 Å². The van der Waals surface area contributed by atoms with Crippen molar-refractivity contribution in [2.75, 3.05) is 50.7 Å². The highest BCUT2D eigenvalue weighted by molar-refractivity contribution is 14.0. The number of benzene rings is 1. The third-order valence-corrected chi connectivity index (χ3v) is 5.28. The van der Waals surface area contributed by atoms with E-state index in [2.05, 4.69) is 39.8 Å². The molecule has 0 bridgehead atoms. The van der Waals surface area contributed by atoms with Crippen LogP contribution in [0.1, 0.15) is 19.8 Å². The lowest BCUT2D eigenvalue weighted by molar-refractivity contribution is -0.143. The van der Waals surface area contributed by atoms with E-state index in [4.69, 9.17) is 4.99 Å². The van der Waals surface area contributed by atoms with Crippen LogP contribution in [0.2, 0.25) is 0 Å². The fourth-order valence-electron chi connectivity index (χ4n) is 3.94. The molecule has 0 amide bonds. The Kier molecular flexibility index (Phi) is 9.32. The molecule has 5 nitrogen and oxygen atoms in total. The van der Waals surface area contributed by atoms with Crippen LogP contribution in [0.15, 0.2) is 35.3 Å². The molecule has 0 aliphatic carbocycles. The van der Waals surface area contributed by atoms with E-state index in [9.17, 15) is 13.2 Å². The molecule has 0 saturated carbocycles. The summed E-state index contributed by atoms with van der Waals surface area (Å²) in [5.41, 5.74) is 1.25. The zero-order valence-electron chi connectivity index (χ0n) is 16.8. The van der Waals surface area contributed by atoms with Crippen molar-refractivity contribution in [2.24, 2.45) is 10.9 Å². The normalized spacial score (nSPS) is 23.2. The van der Waals surface area contributed by atoms with Crippen molar-refractivity contribution in [3.63, 3.8) is 0 Å². The SMILES string of the molecule is CCNC(=NCC1CCN(c2ccccc2)C1)NC1CCN(CC(F)(F)F)C1.I. The van der Waals surface area contributed by atoms with Gasteiger partial charge in [-0.3, -0.25) is 9.89 Å². The molecule has 0 spiro atoms. The monoisotopic (exact) mass is 525 g/mol. The van der Waals surface area contributed by atoms with Crippen LogP contribution >= 0.6 is 24.0 Å². The van der Waals surface area contributed by atoms with Gasteiger partial charge in [-0.25, -0.2) is 0 Å². The topological polar surface area (TPSA) is 42.9 Å². The Hall–Kier alpha value is -1.23. The summed E-state index contributed by atoms with van der Waals surface area (Å²) in [7, 11) is 0. The van der Waals surface area contributed by atoms with E-state index in [0.29, 0.717) is 31.4 Å². The highest BCUT2D eigenvalue weighted by Gasteiger charge is 2.34. The van der Waals surface area contributed by atoms with Gasteiger partial charge in [0.15, 0.2) is 5.96 Å². The summed E-state index contributed by atoms with van der Waals surface area (Å²) in [6.07, 6.45) is -2.34. The summed E-state index contributed by atoms with van der Waals surface area (Å²) in [5, 5.41) is 6.54. The summed E-state index contributed by atoms with van der Waals surface area (Å²) >= 11 is 0. The van der Waals surface area contributed by atoms with Crippen molar-refractivity contribution in [3.8, 4) is 0 Å². The second-order valence-electron chi connectivity index (χ2n) is 7.64. The maximum atomic E-state index is 12.6. The molecule has 2 N–H and O–H groups in total. The lowest BCUT2D eigenvalue weighted by atomic mass is 10.1. The summed E-state index contributed by atoms with van der Waals surface area (Å²) in [6.45, 7) is 5.48. The number of aliphatic imine (C=N–C) groups is 1. The molecule has 2 heterocycles. The number of likely N-dealkylation sites (tertiary alicyclic amines) is 1. The third-order valence-electron chi connectivity index (χ3n) is 5.28. The minimum Gasteiger partial charge on any atom is -0.371 e. The average Bonchev–Trinajstić information content (AvgIpc) is 3.29. The van der Waals surface area contributed by atoms with Crippen LogP contribution in [-0.4, -0.2) is 68.9 Å². The number of nitrogens with zero attached hydrogens (tertiary/aromatic N) is 3. The van der Waals surface area contributed by atoms with Crippen LogP contribution in [-0.2, 0) is 0 Å². The van der Waals surface area contributed by atoms with E-state index in [-0.39, 0.29) is 30.0 Å². The number of hydrogen-bond acceptors (Lipinski definition) is 3. The van der Waals surface area contributed by atoms with Crippen molar-refractivity contribution in [1.82, 2.24) is 15.5 Å². The fraction of sp³-hybridized carbons (Fsp3) is 0.650. The zero-order chi connectivity index (χ0) is 20.0. The molecule has 2 fully saturated rings. The number of anilines is 1. The van der Waals surface area contributed by atoms with Crippen LogP contribution in [0, 0.1) is 5.92 Å². The Morgan fingerprint density at radius 3 is 2.59 bits per heavy atom. The number of halogens is 4. The Morgan fingerprint density at radius 2 is 1.90 bits per heavy atom. The standard InChI is InChI=1S/C20H30F3N5.HI/c1-2-24-19(26-17-9-10-27(14-17)15-20(21,22)23)25-12-16-8-11-28(13-16)18-6-4-3-5-7-18;/h3-7,16-17H,2,8-15H2,1H3,(H2,24,25,26);1H. The molecule has 2 saturated heterocycles.